The first-order valence-corrected chi connectivity index (χ1v) is 9.34. The Balaban J connectivity index is 2.29. The summed E-state index contributed by atoms with van der Waals surface area (Å²) in [6.45, 7) is 6.34. The molecule has 0 aromatic carbocycles. The number of sulfone groups is 1. The van der Waals surface area contributed by atoms with Gasteiger partial charge in [0.05, 0.1) is 11.5 Å². The summed E-state index contributed by atoms with van der Waals surface area (Å²) in [5, 5.41) is 3.16. The van der Waals surface area contributed by atoms with Gasteiger partial charge in [0, 0.05) is 25.3 Å². The quantitative estimate of drug-likeness (QED) is 0.914. The molecule has 1 aromatic heterocycles. The van der Waals surface area contributed by atoms with Crippen molar-refractivity contribution in [2.45, 2.75) is 32.7 Å². The van der Waals surface area contributed by atoms with Crippen LogP contribution in [-0.2, 0) is 16.4 Å². The van der Waals surface area contributed by atoms with Crippen LogP contribution in [0.4, 0.5) is 5.82 Å². The summed E-state index contributed by atoms with van der Waals surface area (Å²) in [7, 11) is -0.964. The van der Waals surface area contributed by atoms with Crippen LogP contribution in [0.15, 0.2) is 12.1 Å². The molecule has 0 spiro atoms. The van der Waals surface area contributed by atoms with Crippen molar-refractivity contribution in [2.24, 2.45) is 0 Å². The van der Waals surface area contributed by atoms with E-state index in [-0.39, 0.29) is 11.5 Å². The molecule has 1 saturated heterocycles. The lowest BCUT2D eigenvalue weighted by Gasteiger charge is -2.23. The van der Waals surface area contributed by atoms with Gasteiger partial charge in [0.2, 0.25) is 0 Å². The molecule has 0 saturated carbocycles. The summed E-state index contributed by atoms with van der Waals surface area (Å²) < 4.78 is 23.5. The highest BCUT2D eigenvalue weighted by Crippen LogP contribution is 2.21. The van der Waals surface area contributed by atoms with Crippen LogP contribution in [0.25, 0.3) is 0 Å². The Morgan fingerprint density at radius 1 is 1.29 bits per heavy atom. The summed E-state index contributed by atoms with van der Waals surface area (Å²) >= 11 is 0. The van der Waals surface area contributed by atoms with Crippen molar-refractivity contribution < 1.29 is 8.42 Å². The minimum absolute atomic E-state index is 0.224. The van der Waals surface area contributed by atoms with E-state index < -0.39 is 9.84 Å². The molecule has 1 fully saturated rings. The fraction of sp³-hybridized carbons (Fsp3) is 0.667. The zero-order valence-electron chi connectivity index (χ0n) is 13.1. The topological polar surface area (TPSA) is 62.3 Å². The predicted octanol–water partition coefficient (Wildman–Crippen LogP) is 1.55. The Hall–Kier alpha value is -1.14. The average Bonchev–Trinajstić information content (AvgIpc) is 2.59. The predicted molar refractivity (Wildman–Crippen MR) is 86.6 cm³/mol. The molecule has 0 atom stereocenters. The van der Waals surface area contributed by atoms with Crippen molar-refractivity contribution in [1.82, 2.24) is 10.3 Å². The first-order chi connectivity index (χ1) is 9.91. The van der Waals surface area contributed by atoms with Gasteiger partial charge in [-0.1, -0.05) is 13.8 Å². The van der Waals surface area contributed by atoms with Crippen molar-refractivity contribution >= 4 is 15.7 Å². The number of hydrogen-bond acceptors (Lipinski definition) is 5. The smallest absolute Gasteiger partial charge is 0.152 e. The molecule has 0 bridgehead atoms. The largest absolute Gasteiger partial charge is 0.356 e. The van der Waals surface area contributed by atoms with Crippen LogP contribution in [-0.4, -0.2) is 45.0 Å². The lowest BCUT2D eigenvalue weighted by molar-refractivity contribution is 0.597. The number of hydrogen-bond donors (Lipinski definition) is 1. The zero-order chi connectivity index (χ0) is 15.5. The molecule has 21 heavy (non-hydrogen) atoms. The summed E-state index contributed by atoms with van der Waals surface area (Å²) in [6, 6.07) is 4.19. The number of pyridine rings is 1. The van der Waals surface area contributed by atoms with E-state index in [0.717, 1.165) is 24.6 Å². The van der Waals surface area contributed by atoms with E-state index >= 15 is 0 Å². The van der Waals surface area contributed by atoms with Crippen LogP contribution in [0.5, 0.6) is 0 Å². The van der Waals surface area contributed by atoms with E-state index in [9.17, 15) is 8.42 Å². The van der Waals surface area contributed by atoms with Gasteiger partial charge >= 0.3 is 0 Å². The van der Waals surface area contributed by atoms with Crippen LogP contribution in [0.2, 0.25) is 0 Å². The molecule has 0 unspecified atom stereocenters. The second-order valence-electron chi connectivity index (χ2n) is 5.94. The third-order valence-corrected chi connectivity index (χ3v) is 5.46. The van der Waals surface area contributed by atoms with Gasteiger partial charge in [-0.2, -0.15) is 0 Å². The Bertz CT molecular complexity index is 585. The fourth-order valence-corrected chi connectivity index (χ4v) is 3.80. The summed E-state index contributed by atoms with van der Waals surface area (Å²) in [4.78, 5) is 6.84. The maximum absolute atomic E-state index is 11.7. The number of aromatic nitrogens is 1. The molecule has 2 heterocycles. The second-order valence-corrected chi connectivity index (χ2v) is 8.24. The highest BCUT2D eigenvalue weighted by molar-refractivity contribution is 7.91. The average molecular weight is 311 g/mol. The summed E-state index contributed by atoms with van der Waals surface area (Å²) in [5.74, 6) is 1.78. The first kappa shape index (κ1) is 16.2. The van der Waals surface area contributed by atoms with E-state index in [0.29, 0.717) is 18.9 Å². The van der Waals surface area contributed by atoms with Gasteiger partial charge in [0.1, 0.15) is 5.82 Å². The Labute approximate surface area is 127 Å². The third-order valence-electron chi connectivity index (χ3n) is 3.74. The Morgan fingerprint density at radius 3 is 2.71 bits per heavy atom. The van der Waals surface area contributed by atoms with Crippen molar-refractivity contribution in [1.29, 1.82) is 0 Å². The van der Waals surface area contributed by atoms with Crippen molar-refractivity contribution in [2.75, 3.05) is 36.5 Å². The SMILES string of the molecule is CNCc1cc(C(C)C)nc(N2CCCS(=O)(=O)CC2)c1. The second kappa shape index (κ2) is 6.75. The van der Waals surface area contributed by atoms with E-state index in [1.807, 2.05) is 7.05 Å². The molecular weight excluding hydrogens is 286 g/mol. The van der Waals surface area contributed by atoms with Gasteiger partial charge in [-0.3, -0.25) is 0 Å². The third kappa shape index (κ3) is 4.41. The number of rotatable bonds is 4. The van der Waals surface area contributed by atoms with Gasteiger partial charge in [-0.05, 0) is 37.1 Å². The molecule has 2 rings (SSSR count). The van der Waals surface area contributed by atoms with Crippen molar-refractivity contribution in [3.05, 3.63) is 23.4 Å². The molecule has 1 aromatic rings. The van der Waals surface area contributed by atoms with E-state index in [1.165, 1.54) is 5.56 Å². The summed E-state index contributed by atoms with van der Waals surface area (Å²) in [5.41, 5.74) is 2.25. The van der Waals surface area contributed by atoms with Crippen molar-refractivity contribution in [3.8, 4) is 0 Å². The number of anilines is 1. The standard InChI is InChI=1S/C15H25N3O2S/c1-12(2)14-9-13(11-16-3)10-15(17-14)18-5-4-7-21(19,20)8-6-18/h9-10,12,16H,4-8,11H2,1-3H3. The maximum Gasteiger partial charge on any atom is 0.152 e. The van der Waals surface area contributed by atoms with Gasteiger partial charge in [0.15, 0.2) is 9.84 Å². The van der Waals surface area contributed by atoms with E-state index in [1.54, 1.807) is 0 Å². The highest BCUT2D eigenvalue weighted by atomic mass is 32.2. The van der Waals surface area contributed by atoms with Crippen LogP contribution in [0, 0.1) is 0 Å². The Morgan fingerprint density at radius 2 is 2.05 bits per heavy atom. The molecule has 0 amide bonds. The normalized spacial score (nSPS) is 18.8. The van der Waals surface area contributed by atoms with Crippen molar-refractivity contribution in [3.63, 3.8) is 0 Å². The van der Waals surface area contributed by atoms with Gasteiger partial charge < -0.3 is 10.2 Å². The van der Waals surface area contributed by atoms with Gasteiger partial charge in [-0.25, -0.2) is 13.4 Å². The van der Waals surface area contributed by atoms with E-state index in [2.05, 4.69) is 36.2 Å². The lowest BCUT2D eigenvalue weighted by atomic mass is 10.1. The summed E-state index contributed by atoms with van der Waals surface area (Å²) in [6.07, 6.45) is 0.678. The molecule has 0 radical (unpaired) electrons. The maximum atomic E-state index is 11.7. The van der Waals surface area contributed by atoms with Crippen LogP contribution >= 0.6 is 0 Å². The van der Waals surface area contributed by atoms with Gasteiger partial charge in [-0.15, -0.1) is 0 Å². The number of nitrogens with one attached hydrogen (secondary N) is 1. The molecule has 0 aliphatic carbocycles. The monoisotopic (exact) mass is 311 g/mol. The zero-order valence-corrected chi connectivity index (χ0v) is 13.9. The van der Waals surface area contributed by atoms with Gasteiger partial charge in [0.25, 0.3) is 0 Å². The van der Waals surface area contributed by atoms with Crippen LogP contribution in [0.3, 0.4) is 0 Å². The molecule has 5 nitrogen and oxygen atoms in total. The first-order valence-electron chi connectivity index (χ1n) is 7.52. The fourth-order valence-electron chi connectivity index (χ4n) is 2.53. The highest BCUT2D eigenvalue weighted by Gasteiger charge is 2.20. The molecule has 118 valence electrons. The minimum atomic E-state index is -2.89. The van der Waals surface area contributed by atoms with Crippen LogP contribution < -0.4 is 10.2 Å². The molecular formula is C15H25N3O2S. The number of nitrogens with zero attached hydrogens (tertiary/aromatic N) is 2. The molecule has 1 aliphatic heterocycles. The minimum Gasteiger partial charge on any atom is -0.356 e. The van der Waals surface area contributed by atoms with E-state index in [4.69, 9.17) is 4.98 Å². The van der Waals surface area contributed by atoms with Crippen LogP contribution in [0.1, 0.15) is 37.4 Å². The molecule has 1 aliphatic rings. The Kier molecular flexibility index (Phi) is 5.22. The molecule has 6 heteroatoms. The molecule has 1 N–H and O–H groups in total. The lowest BCUT2D eigenvalue weighted by Crippen LogP contribution is -2.28.